The lowest BCUT2D eigenvalue weighted by atomic mass is 9.92. The van der Waals surface area contributed by atoms with Gasteiger partial charge in [0.05, 0.1) is 29.7 Å². The van der Waals surface area contributed by atoms with E-state index in [0.717, 1.165) is 52.6 Å². The molecule has 2 heterocycles. The largest absolute Gasteiger partial charge is 0.382 e. The summed E-state index contributed by atoms with van der Waals surface area (Å²) in [5.74, 6) is 0.00150. The first-order valence-electron chi connectivity index (χ1n) is 11.0. The molecule has 0 saturated heterocycles. The lowest BCUT2D eigenvalue weighted by Crippen LogP contribution is -2.39. The number of rotatable bonds is 8. The molecule has 4 rings (SSSR count). The topological polar surface area (TPSA) is 65.4 Å². The van der Waals surface area contributed by atoms with Gasteiger partial charge in [0.25, 0.3) is 5.91 Å². The highest BCUT2D eigenvalue weighted by Gasteiger charge is 2.24. The molecule has 2 aromatic heterocycles. The number of thiazole rings is 1. The Morgan fingerprint density at radius 2 is 2.06 bits per heavy atom. The number of ether oxygens (including phenoxy) is 2. The number of methoxy groups -OCH3 is 1. The van der Waals surface area contributed by atoms with Crippen LogP contribution in [-0.4, -0.2) is 47.9 Å². The zero-order valence-electron chi connectivity index (χ0n) is 18.5. The molecule has 1 N–H and O–H groups in total. The smallest absolute Gasteiger partial charge is 0.252 e. The molecular weight excluding hydrogens is 410 g/mol. The molecule has 7 heteroatoms. The summed E-state index contributed by atoms with van der Waals surface area (Å²) in [5.41, 5.74) is 4.68. The van der Waals surface area contributed by atoms with Crippen molar-refractivity contribution in [3.8, 4) is 10.4 Å². The molecule has 0 radical (unpaired) electrons. The maximum atomic E-state index is 13.3. The molecule has 166 valence electrons. The van der Waals surface area contributed by atoms with Gasteiger partial charge in [-0.05, 0) is 63.3 Å². The minimum atomic E-state index is 0.00150. The predicted octanol–water partition coefficient (Wildman–Crippen LogP) is 5.05. The molecule has 0 bridgehead atoms. The van der Waals surface area contributed by atoms with Crippen LogP contribution in [-0.2, 0) is 9.47 Å². The third kappa shape index (κ3) is 5.00. The molecule has 0 atom stereocenters. The number of aromatic nitrogens is 2. The van der Waals surface area contributed by atoms with Crippen LogP contribution in [0.5, 0.6) is 0 Å². The lowest BCUT2D eigenvalue weighted by Gasteiger charge is -2.29. The van der Waals surface area contributed by atoms with Crippen molar-refractivity contribution in [1.29, 1.82) is 0 Å². The Labute approximate surface area is 187 Å². The van der Waals surface area contributed by atoms with Crippen molar-refractivity contribution in [2.75, 3.05) is 20.3 Å². The Morgan fingerprint density at radius 3 is 2.74 bits per heavy atom. The molecule has 1 aromatic carbocycles. The van der Waals surface area contributed by atoms with Gasteiger partial charge < -0.3 is 19.4 Å². The average Bonchev–Trinajstić information content (AvgIpc) is 3.44. The number of hydrogen-bond donors (Lipinski definition) is 1. The fraction of sp³-hybridized carbons (Fsp3) is 0.500. The summed E-state index contributed by atoms with van der Waals surface area (Å²) in [7, 11) is 1.69. The van der Waals surface area contributed by atoms with Gasteiger partial charge in [0.2, 0.25) is 0 Å². The molecule has 0 spiro atoms. The van der Waals surface area contributed by atoms with E-state index in [-0.39, 0.29) is 18.1 Å². The zero-order valence-corrected chi connectivity index (χ0v) is 19.3. The quantitative estimate of drug-likeness (QED) is 0.497. The molecule has 1 fully saturated rings. The molecule has 1 amide bonds. The van der Waals surface area contributed by atoms with Crippen molar-refractivity contribution in [3.63, 3.8) is 0 Å². The number of fused-ring (bicyclic) bond motifs is 1. The molecule has 3 aromatic rings. The number of amides is 1. The Hall–Kier alpha value is -2.22. The fourth-order valence-corrected chi connectivity index (χ4v) is 4.95. The first-order valence-corrected chi connectivity index (χ1v) is 11.9. The van der Waals surface area contributed by atoms with Crippen LogP contribution in [0.3, 0.4) is 0 Å². The van der Waals surface area contributed by atoms with Crippen LogP contribution in [0.1, 0.15) is 55.9 Å². The fourth-order valence-electron chi connectivity index (χ4n) is 4.34. The van der Waals surface area contributed by atoms with Crippen LogP contribution in [0.15, 0.2) is 36.1 Å². The van der Waals surface area contributed by atoms with Gasteiger partial charge in [-0.1, -0.05) is 0 Å². The van der Waals surface area contributed by atoms with Crippen LogP contribution in [0.2, 0.25) is 0 Å². The van der Waals surface area contributed by atoms with E-state index in [9.17, 15) is 4.79 Å². The Kier molecular flexibility index (Phi) is 7.05. The summed E-state index contributed by atoms with van der Waals surface area (Å²) in [6.07, 6.45) is 8.02. The SMILES string of the molecule is COCCOC1CCC(NC(=O)c2cc(-c3cncs3)cc3c2ccn3C(C)C)CC1. The van der Waals surface area contributed by atoms with Crippen LogP contribution in [0.25, 0.3) is 21.3 Å². The Bertz CT molecular complexity index is 1000. The third-order valence-electron chi connectivity index (χ3n) is 6.01. The average molecular weight is 442 g/mol. The van der Waals surface area contributed by atoms with E-state index in [1.807, 2.05) is 17.8 Å². The van der Waals surface area contributed by atoms with Crippen LogP contribution in [0, 0.1) is 0 Å². The van der Waals surface area contributed by atoms with Crippen molar-refractivity contribution in [3.05, 3.63) is 41.7 Å². The van der Waals surface area contributed by atoms with Crippen LogP contribution >= 0.6 is 11.3 Å². The second kappa shape index (κ2) is 9.94. The van der Waals surface area contributed by atoms with E-state index in [4.69, 9.17) is 9.47 Å². The van der Waals surface area contributed by atoms with Crippen molar-refractivity contribution >= 4 is 28.1 Å². The highest BCUT2D eigenvalue weighted by atomic mass is 32.1. The van der Waals surface area contributed by atoms with Gasteiger partial charge in [-0.15, -0.1) is 11.3 Å². The molecule has 0 unspecified atom stereocenters. The van der Waals surface area contributed by atoms with E-state index < -0.39 is 0 Å². The highest BCUT2D eigenvalue weighted by molar-refractivity contribution is 7.13. The van der Waals surface area contributed by atoms with E-state index in [1.165, 1.54) is 0 Å². The number of nitrogens with zero attached hydrogens (tertiary/aromatic N) is 2. The molecular formula is C24H31N3O3S. The molecule has 6 nitrogen and oxygen atoms in total. The zero-order chi connectivity index (χ0) is 21.8. The van der Waals surface area contributed by atoms with Crippen LogP contribution in [0.4, 0.5) is 0 Å². The second-order valence-electron chi connectivity index (χ2n) is 8.45. The van der Waals surface area contributed by atoms with Gasteiger partial charge in [-0.25, -0.2) is 0 Å². The van der Waals surface area contributed by atoms with Crippen LogP contribution < -0.4 is 5.32 Å². The second-order valence-corrected chi connectivity index (χ2v) is 9.34. The number of hydrogen-bond acceptors (Lipinski definition) is 5. The van der Waals surface area contributed by atoms with E-state index in [0.29, 0.717) is 19.3 Å². The molecule has 31 heavy (non-hydrogen) atoms. The summed E-state index contributed by atoms with van der Waals surface area (Å²) in [4.78, 5) is 18.6. The monoisotopic (exact) mass is 441 g/mol. The summed E-state index contributed by atoms with van der Waals surface area (Å²) in [6.45, 7) is 5.57. The van der Waals surface area contributed by atoms with E-state index >= 15 is 0 Å². The number of carbonyl (C=O) groups excluding carboxylic acids is 1. The summed E-state index contributed by atoms with van der Waals surface area (Å²) in [5, 5.41) is 4.28. The molecule has 1 aliphatic rings. The highest BCUT2D eigenvalue weighted by Crippen LogP contribution is 2.32. The first kappa shape index (κ1) is 22.0. The van der Waals surface area contributed by atoms with Crippen molar-refractivity contribution in [2.45, 2.75) is 57.7 Å². The minimum absolute atomic E-state index is 0.00150. The molecule has 0 aliphatic heterocycles. The third-order valence-corrected chi connectivity index (χ3v) is 6.83. The van der Waals surface area contributed by atoms with Gasteiger partial charge in [0.15, 0.2) is 0 Å². The van der Waals surface area contributed by atoms with Gasteiger partial charge in [0.1, 0.15) is 0 Å². The summed E-state index contributed by atoms with van der Waals surface area (Å²) < 4.78 is 13.1. The molecule has 1 saturated carbocycles. The summed E-state index contributed by atoms with van der Waals surface area (Å²) in [6, 6.07) is 6.74. The van der Waals surface area contributed by atoms with Crippen molar-refractivity contribution < 1.29 is 14.3 Å². The van der Waals surface area contributed by atoms with Gasteiger partial charge in [0, 0.05) is 48.1 Å². The van der Waals surface area contributed by atoms with Gasteiger partial charge in [-0.3, -0.25) is 9.78 Å². The Morgan fingerprint density at radius 1 is 1.26 bits per heavy atom. The van der Waals surface area contributed by atoms with Crippen molar-refractivity contribution in [2.24, 2.45) is 0 Å². The van der Waals surface area contributed by atoms with E-state index in [2.05, 4.69) is 47.0 Å². The van der Waals surface area contributed by atoms with Gasteiger partial charge >= 0.3 is 0 Å². The first-order chi connectivity index (χ1) is 15.1. The van der Waals surface area contributed by atoms with E-state index in [1.54, 1.807) is 18.4 Å². The normalized spacial score (nSPS) is 19.2. The van der Waals surface area contributed by atoms with Gasteiger partial charge in [-0.2, -0.15) is 0 Å². The molecule has 1 aliphatic carbocycles. The van der Waals surface area contributed by atoms with Crippen molar-refractivity contribution in [1.82, 2.24) is 14.9 Å². The maximum absolute atomic E-state index is 13.3. The maximum Gasteiger partial charge on any atom is 0.252 e. The summed E-state index contributed by atoms with van der Waals surface area (Å²) >= 11 is 1.59. The standard InChI is InChI=1S/C24H31N3O3S/c1-16(2)27-9-8-20-21(12-17(13-22(20)27)23-14-25-15-31-23)24(28)26-18-4-6-19(7-5-18)30-11-10-29-3/h8-9,12-16,18-19H,4-7,10-11H2,1-3H3,(H,26,28). The minimum Gasteiger partial charge on any atom is -0.382 e. The lowest BCUT2D eigenvalue weighted by molar-refractivity contribution is -0.00408. The predicted molar refractivity (Wildman–Crippen MR) is 125 cm³/mol. The number of carbonyl (C=O) groups is 1. The number of benzene rings is 1. The Balaban J connectivity index is 1.53. The number of nitrogens with one attached hydrogen (secondary N) is 1.